The summed E-state index contributed by atoms with van der Waals surface area (Å²) in [5, 5.41) is 14.8. The molecule has 9 heteroatoms. The zero-order chi connectivity index (χ0) is 22.2. The third-order valence-electron chi connectivity index (χ3n) is 4.43. The Morgan fingerprint density at radius 2 is 1.81 bits per heavy atom. The van der Waals surface area contributed by atoms with Gasteiger partial charge in [-0.1, -0.05) is 30.0 Å². The van der Waals surface area contributed by atoms with E-state index in [2.05, 4.69) is 10.3 Å². The second-order valence-corrected chi connectivity index (χ2v) is 7.43. The van der Waals surface area contributed by atoms with Gasteiger partial charge in [0, 0.05) is 23.2 Å². The number of nitro groups is 1. The Balaban J connectivity index is 1.72. The largest absolute Gasteiger partial charge is 0.493 e. The Labute approximate surface area is 183 Å². The molecule has 1 N–H and O–H groups in total. The summed E-state index contributed by atoms with van der Waals surface area (Å²) in [5.41, 5.74) is 0.791. The molecule has 160 valence electrons. The number of benzene rings is 2. The van der Waals surface area contributed by atoms with Crippen molar-refractivity contribution in [2.45, 2.75) is 16.3 Å². The highest BCUT2D eigenvalue weighted by molar-refractivity contribution is 7.99. The first-order chi connectivity index (χ1) is 15.0. The lowest BCUT2D eigenvalue weighted by Gasteiger charge is -2.12. The number of aromatic nitrogens is 1. The van der Waals surface area contributed by atoms with Crippen molar-refractivity contribution in [3.63, 3.8) is 0 Å². The molecule has 0 spiro atoms. The van der Waals surface area contributed by atoms with Crippen LogP contribution in [0.3, 0.4) is 0 Å². The fourth-order valence-corrected chi connectivity index (χ4v) is 3.83. The van der Waals surface area contributed by atoms with Gasteiger partial charge in [-0.2, -0.15) is 0 Å². The van der Waals surface area contributed by atoms with Crippen LogP contribution in [-0.2, 0) is 6.42 Å². The van der Waals surface area contributed by atoms with E-state index in [-0.39, 0.29) is 30.3 Å². The molecule has 0 aliphatic heterocycles. The van der Waals surface area contributed by atoms with Crippen molar-refractivity contribution >= 4 is 23.4 Å². The molecule has 2 aromatic carbocycles. The predicted molar refractivity (Wildman–Crippen MR) is 117 cm³/mol. The molecular weight excluding hydrogens is 418 g/mol. The van der Waals surface area contributed by atoms with Crippen LogP contribution in [0.5, 0.6) is 11.5 Å². The molecule has 3 rings (SSSR count). The van der Waals surface area contributed by atoms with Gasteiger partial charge in [-0.15, -0.1) is 0 Å². The number of nitrogens with one attached hydrogen (secondary N) is 1. The van der Waals surface area contributed by atoms with Crippen molar-refractivity contribution in [2.24, 2.45) is 0 Å². The average molecular weight is 439 g/mol. The van der Waals surface area contributed by atoms with Gasteiger partial charge >= 0.3 is 0 Å². The minimum atomic E-state index is -0.477. The van der Waals surface area contributed by atoms with Gasteiger partial charge < -0.3 is 14.8 Å². The quantitative estimate of drug-likeness (QED) is 0.395. The smallest absolute Gasteiger partial charge is 0.276 e. The van der Waals surface area contributed by atoms with E-state index < -0.39 is 4.92 Å². The van der Waals surface area contributed by atoms with Gasteiger partial charge in [0.15, 0.2) is 11.5 Å². The number of carbonyl (C=O) groups is 1. The third-order valence-corrected chi connectivity index (χ3v) is 5.46. The first kappa shape index (κ1) is 22.1. The number of carbonyl (C=O) groups excluding carboxylic acids is 1. The van der Waals surface area contributed by atoms with Crippen molar-refractivity contribution in [1.82, 2.24) is 10.3 Å². The molecule has 0 saturated carbocycles. The maximum Gasteiger partial charge on any atom is 0.276 e. The standard InChI is InChI=1S/C22H21N3O5S/c1-29-19-13-15(18(25(27)28)14-20(19)30-2)10-12-23-21(26)17-9-6-11-24-22(17)31-16-7-4-3-5-8-16/h3-9,11,13-14H,10,12H2,1-2H3,(H,23,26). The summed E-state index contributed by atoms with van der Waals surface area (Å²) in [6.07, 6.45) is 1.89. The van der Waals surface area contributed by atoms with Gasteiger partial charge in [0.05, 0.1) is 30.8 Å². The first-order valence-corrected chi connectivity index (χ1v) is 10.2. The number of hydrogen-bond acceptors (Lipinski definition) is 7. The minimum Gasteiger partial charge on any atom is -0.493 e. The number of rotatable bonds is 9. The maximum atomic E-state index is 12.7. The van der Waals surface area contributed by atoms with Crippen molar-refractivity contribution in [1.29, 1.82) is 0 Å². The summed E-state index contributed by atoms with van der Waals surface area (Å²) >= 11 is 1.40. The molecule has 0 saturated heterocycles. The van der Waals surface area contributed by atoms with Gasteiger partial charge in [-0.25, -0.2) is 4.98 Å². The van der Waals surface area contributed by atoms with Crippen molar-refractivity contribution in [3.05, 3.63) is 82.0 Å². The van der Waals surface area contributed by atoms with E-state index in [1.165, 1.54) is 32.0 Å². The summed E-state index contributed by atoms with van der Waals surface area (Å²) in [6.45, 7) is 0.208. The SMILES string of the molecule is COc1cc(CCNC(=O)c2cccnc2Sc2ccccc2)c([N+](=O)[O-])cc1OC. The second-order valence-electron chi connectivity index (χ2n) is 6.37. The second kappa shape index (κ2) is 10.4. The molecule has 0 aliphatic rings. The summed E-state index contributed by atoms with van der Waals surface area (Å²) in [4.78, 5) is 29.0. The number of amides is 1. The summed E-state index contributed by atoms with van der Waals surface area (Å²) in [6, 6.07) is 15.9. The van der Waals surface area contributed by atoms with E-state index in [1.807, 2.05) is 30.3 Å². The molecule has 0 radical (unpaired) electrons. The Kier molecular flexibility index (Phi) is 7.45. The van der Waals surface area contributed by atoms with Crippen LogP contribution < -0.4 is 14.8 Å². The van der Waals surface area contributed by atoms with Crippen LogP contribution in [0.4, 0.5) is 5.69 Å². The number of pyridine rings is 1. The number of nitrogens with zero attached hydrogens (tertiary/aromatic N) is 2. The minimum absolute atomic E-state index is 0.0893. The lowest BCUT2D eigenvalue weighted by atomic mass is 10.1. The molecule has 8 nitrogen and oxygen atoms in total. The average Bonchev–Trinajstić information content (AvgIpc) is 2.79. The summed E-state index contributed by atoms with van der Waals surface area (Å²) < 4.78 is 10.4. The highest BCUT2D eigenvalue weighted by Crippen LogP contribution is 2.34. The van der Waals surface area contributed by atoms with Gasteiger partial charge in [0.1, 0.15) is 5.03 Å². The molecule has 0 unspecified atom stereocenters. The van der Waals surface area contributed by atoms with Crippen LogP contribution in [0.1, 0.15) is 15.9 Å². The van der Waals surface area contributed by atoms with E-state index in [9.17, 15) is 14.9 Å². The molecule has 0 fully saturated rings. The number of nitro benzene ring substituents is 1. The van der Waals surface area contributed by atoms with Gasteiger partial charge in [0.25, 0.3) is 11.6 Å². The monoisotopic (exact) mass is 439 g/mol. The Bertz CT molecular complexity index is 1080. The van der Waals surface area contributed by atoms with E-state index in [0.717, 1.165) is 4.90 Å². The van der Waals surface area contributed by atoms with E-state index in [0.29, 0.717) is 21.9 Å². The van der Waals surface area contributed by atoms with Crippen LogP contribution in [0.25, 0.3) is 0 Å². The van der Waals surface area contributed by atoms with Crippen LogP contribution in [0.15, 0.2) is 70.7 Å². The topological polar surface area (TPSA) is 104 Å². The molecule has 3 aromatic rings. The molecule has 0 atom stereocenters. The molecule has 1 heterocycles. The van der Waals surface area contributed by atoms with Crippen molar-refractivity contribution < 1.29 is 19.2 Å². The third kappa shape index (κ3) is 5.52. The first-order valence-electron chi connectivity index (χ1n) is 9.39. The zero-order valence-corrected chi connectivity index (χ0v) is 17.8. The number of ether oxygens (including phenoxy) is 2. The predicted octanol–water partition coefficient (Wildman–Crippen LogP) is 4.13. The van der Waals surface area contributed by atoms with E-state index in [1.54, 1.807) is 24.4 Å². The van der Waals surface area contributed by atoms with Crippen LogP contribution >= 0.6 is 11.8 Å². The van der Waals surface area contributed by atoms with Gasteiger partial charge in [0.2, 0.25) is 0 Å². The fourth-order valence-electron chi connectivity index (χ4n) is 2.93. The normalized spacial score (nSPS) is 10.4. The fraction of sp³-hybridized carbons (Fsp3) is 0.182. The number of hydrogen-bond donors (Lipinski definition) is 1. The van der Waals surface area contributed by atoms with Crippen LogP contribution in [0.2, 0.25) is 0 Å². The lowest BCUT2D eigenvalue weighted by Crippen LogP contribution is -2.26. The Morgan fingerprint density at radius 1 is 1.10 bits per heavy atom. The molecular formula is C22H21N3O5S. The number of methoxy groups -OCH3 is 2. The van der Waals surface area contributed by atoms with Crippen LogP contribution in [-0.4, -0.2) is 36.6 Å². The summed E-state index contributed by atoms with van der Waals surface area (Å²) in [7, 11) is 2.88. The molecule has 0 bridgehead atoms. The van der Waals surface area contributed by atoms with E-state index >= 15 is 0 Å². The molecule has 1 amide bonds. The highest BCUT2D eigenvalue weighted by Gasteiger charge is 2.20. The highest BCUT2D eigenvalue weighted by atomic mass is 32.2. The Hall–Kier alpha value is -3.59. The van der Waals surface area contributed by atoms with Crippen LogP contribution in [0, 0.1) is 10.1 Å². The lowest BCUT2D eigenvalue weighted by molar-refractivity contribution is -0.385. The van der Waals surface area contributed by atoms with Crippen molar-refractivity contribution in [2.75, 3.05) is 20.8 Å². The molecule has 1 aromatic heterocycles. The Morgan fingerprint density at radius 3 is 2.48 bits per heavy atom. The summed E-state index contributed by atoms with van der Waals surface area (Å²) in [5.74, 6) is 0.373. The van der Waals surface area contributed by atoms with Gasteiger partial charge in [-0.05, 0) is 36.8 Å². The molecule has 31 heavy (non-hydrogen) atoms. The maximum absolute atomic E-state index is 12.7. The molecule has 0 aliphatic carbocycles. The van der Waals surface area contributed by atoms with Gasteiger partial charge in [-0.3, -0.25) is 14.9 Å². The van der Waals surface area contributed by atoms with E-state index in [4.69, 9.17) is 9.47 Å². The van der Waals surface area contributed by atoms with Crippen molar-refractivity contribution in [3.8, 4) is 11.5 Å². The zero-order valence-electron chi connectivity index (χ0n) is 17.0.